The van der Waals surface area contributed by atoms with E-state index in [0.29, 0.717) is 11.1 Å². The minimum absolute atomic E-state index is 0.0416. The lowest BCUT2D eigenvalue weighted by Gasteiger charge is -2.08. The van der Waals surface area contributed by atoms with Crippen LogP contribution in [0.1, 0.15) is 27.2 Å². The molecule has 0 atom stereocenters. The zero-order valence-corrected chi connectivity index (χ0v) is 14.4. The zero-order chi connectivity index (χ0) is 20.1. The van der Waals surface area contributed by atoms with Crippen LogP contribution in [0.4, 0.5) is 13.2 Å². The number of aromatic nitrogens is 1. The molecule has 0 unspecified atom stereocenters. The molecule has 0 N–H and O–H groups in total. The van der Waals surface area contributed by atoms with Gasteiger partial charge in [-0.25, -0.2) is 4.79 Å². The Kier molecular flexibility index (Phi) is 5.41. The fraction of sp³-hybridized carbons (Fsp3) is 0.0952. The largest absolute Gasteiger partial charge is 0.457 e. The van der Waals surface area contributed by atoms with Crippen LogP contribution in [0.5, 0.6) is 0 Å². The third kappa shape index (κ3) is 4.35. The molecule has 0 fully saturated rings. The van der Waals surface area contributed by atoms with E-state index >= 15 is 0 Å². The first-order valence-electron chi connectivity index (χ1n) is 8.17. The molecule has 0 aliphatic carbocycles. The average Bonchev–Trinajstić information content (AvgIpc) is 2.72. The zero-order valence-electron chi connectivity index (χ0n) is 14.4. The molecule has 0 radical (unpaired) electrons. The topological polar surface area (TPSA) is 63.0 Å². The quantitative estimate of drug-likeness (QED) is 0.596. The summed E-state index contributed by atoms with van der Waals surface area (Å²) in [5.74, 6) is -0.764. The predicted molar refractivity (Wildman–Crippen MR) is 95.0 cm³/mol. The summed E-state index contributed by atoms with van der Waals surface area (Å²) < 4.78 is 42.6. The fourth-order valence-electron chi connectivity index (χ4n) is 2.53. The number of ether oxygens (including phenoxy) is 1. The third-order valence-corrected chi connectivity index (χ3v) is 3.97. The molecule has 7 heteroatoms. The number of hydrogen-bond acceptors (Lipinski definition) is 4. The van der Waals surface area contributed by atoms with Gasteiger partial charge in [-0.3, -0.25) is 4.98 Å². The SMILES string of the molecule is N#Cc1ccccc1-c1ccc(COC(=O)c2ccc(C(F)(F)F)nc2)cc1. The van der Waals surface area contributed by atoms with E-state index in [9.17, 15) is 23.2 Å². The van der Waals surface area contributed by atoms with Gasteiger partial charge in [-0.15, -0.1) is 0 Å². The highest BCUT2D eigenvalue weighted by atomic mass is 19.4. The van der Waals surface area contributed by atoms with Gasteiger partial charge >= 0.3 is 12.1 Å². The predicted octanol–water partition coefficient (Wildman–Crippen LogP) is 5.00. The van der Waals surface area contributed by atoms with Gasteiger partial charge in [0.05, 0.1) is 17.2 Å². The Labute approximate surface area is 158 Å². The summed E-state index contributed by atoms with van der Waals surface area (Å²) in [5.41, 5.74) is 1.76. The molecule has 28 heavy (non-hydrogen) atoms. The van der Waals surface area contributed by atoms with Gasteiger partial charge < -0.3 is 4.74 Å². The number of nitrogens with zero attached hydrogens (tertiary/aromatic N) is 2. The number of esters is 1. The third-order valence-electron chi connectivity index (χ3n) is 3.97. The van der Waals surface area contributed by atoms with Crippen molar-refractivity contribution in [2.75, 3.05) is 0 Å². The maximum absolute atomic E-state index is 12.5. The van der Waals surface area contributed by atoms with E-state index in [2.05, 4.69) is 11.1 Å². The number of nitriles is 1. The summed E-state index contributed by atoms with van der Waals surface area (Å²) in [6.07, 6.45) is -3.72. The highest BCUT2D eigenvalue weighted by Gasteiger charge is 2.32. The van der Waals surface area contributed by atoms with Crippen molar-refractivity contribution in [3.05, 3.63) is 89.2 Å². The lowest BCUT2D eigenvalue weighted by molar-refractivity contribution is -0.141. The van der Waals surface area contributed by atoms with Gasteiger partial charge in [0.25, 0.3) is 0 Å². The average molecular weight is 382 g/mol. The van der Waals surface area contributed by atoms with Crippen LogP contribution in [0.15, 0.2) is 66.9 Å². The van der Waals surface area contributed by atoms with E-state index < -0.39 is 17.8 Å². The Hall–Kier alpha value is -3.66. The normalized spacial score (nSPS) is 10.9. The van der Waals surface area contributed by atoms with Crippen LogP contribution in [-0.4, -0.2) is 11.0 Å². The maximum Gasteiger partial charge on any atom is 0.433 e. The molecule has 0 bridgehead atoms. The van der Waals surface area contributed by atoms with Crippen molar-refractivity contribution in [1.82, 2.24) is 4.98 Å². The highest BCUT2D eigenvalue weighted by molar-refractivity contribution is 5.89. The first-order valence-corrected chi connectivity index (χ1v) is 8.17. The number of rotatable bonds is 4. The Balaban J connectivity index is 1.65. The van der Waals surface area contributed by atoms with Gasteiger partial charge in [0.1, 0.15) is 12.3 Å². The van der Waals surface area contributed by atoms with Crippen molar-refractivity contribution < 1.29 is 22.7 Å². The van der Waals surface area contributed by atoms with Gasteiger partial charge in [0, 0.05) is 6.20 Å². The van der Waals surface area contributed by atoms with Crippen LogP contribution >= 0.6 is 0 Å². The highest BCUT2D eigenvalue weighted by Crippen LogP contribution is 2.27. The van der Waals surface area contributed by atoms with Crippen LogP contribution < -0.4 is 0 Å². The second-order valence-electron chi connectivity index (χ2n) is 5.86. The molecule has 0 aliphatic heterocycles. The van der Waals surface area contributed by atoms with Crippen molar-refractivity contribution >= 4 is 5.97 Å². The minimum Gasteiger partial charge on any atom is -0.457 e. The molecule has 0 aliphatic rings. The molecule has 0 saturated heterocycles. The molecule has 0 saturated carbocycles. The van der Waals surface area contributed by atoms with Crippen LogP contribution in [0.2, 0.25) is 0 Å². The smallest absolute Gasteiger partial charge is 0.433 e. The van der Waals surface area contributed by atoms with Crippen molar-refractivity contribution in [2.24, 2.45) is 0 Å². The van der Waals surface area contributed by atoms with E-state index in [1.54, 1.807) is 36.4 Å². The Morgan fingerprint density at radius 2 is 1.75 bits per heavy atom. The van der Waals surface area contributed by atoms with Crippen LogP contribution in [0, 0.1) is 11.3 Å². The van der Waals surface area contributed by atoms with Gasteiger partial charge in [-0.05, 0) is 34.9 Å². The van der Waals surface area contributed by atoms with Crippen molar-refractivity contribution in [3.63, 3.8) is 0 Å². The number of alkyl halides is 3. The summed E-state index contributed by atoms with van der Waals surface area (Å²) in [7, 11) is 0. The first-order chi connectivity index (χ1) is 13.4. The number of pyridine rings is 1. The molecular weight excluding hydrogens is 369 g/mol. The number of carbonyl (C=O) groups excluding carboxylic acids is 1. The standard InChI is InChI=1S/C21H13F3N2O2/c22-21(23,24)19-10-9-17(12-26-19)20(27)28-13-14-5-7-15(8-6-14)18-4-2-1-3-16(18)11-25/h1-10,12H,13H2. The molecule has 3 rings (SSSR count). The second kappa shape index (κ2) is 7.92. The molecule has 2 aromatic carbocycles. The molecule has 4 nitrogen and oxygen atoms in total. The minimum atomic E-state index is -4.56. The lowest BCUT2D eigenvalue weighted by Crippen LogP contribution is -2.10. The summed E-state index contributed by atoms with van der Waals surface area (Å²) in [5, 5.41) is 9.17. The van der Waals surface area contributed by atoms with Gasteiger partial charge in [-0.2, -0.15) is 18.4 Å². The number of halogens is 3. The molecule has 140 valence electrons. The van der Waals surface area contributed by atoms with Gasteiger partial charge in [0.2, 0.25) is 0 Å². The molecule has 0 amide bonds. The van der Waals surface area contributed by atoms with Crippen LogP contribution in [0.25, 0.3) is 11.1 Å². The number of benzene rings is 2. The van der Waals surface area contributed by atoms with Crippen LogP contribution in [-0.2, 0) is 17.5 Å². The first kappa shape index (κ1) is 19.1. The summed E-state index contributed by atoms with van der Waals surface area (Å²) >= 11 is 0. The van der Waals surface area contributed by atoms with Crippen LogP contribution in [0.3, 0.4) is 0 Å². The molecule has 0 spiro atoms. The molecule has 1 heterocycles. The number of carbonyl (C=O) groups is 1. The summed E-state index contributed by atoms with van der Waals surface area (Å²) in [6.45, 7) is -0.0416. The van der Waals surface area contributed by atoms with Gasteiger partial charge in [-0.1, -0.05) is 42.5 Å². The van der Waals surface area contributed by atoms with Gasteiger partial charge in [0.15, 0.2) is 0 Å². The fourth-order valence-corrected chi connectivity index (χ4v) is 2.53. The number of hydrogen-bond donors (Lipinski definition) is 0. The van der Waals surface area contributed by atoms with Crippen molar-refractivity contribution in [3.8, 4) is 17.2 Å². The van der Waals surface area contributed by atoms with E-state index in [1.807, 2.05) is 12.1 Å². The lowest BCUT2D eigenvalue weighted by atomic mass is 9.99. The molecule has 1 aromatic heterocycles. The van der Waals surface area contributed by atoms with E-state index in [-0.39, 0.29) is 12.2 Å². The Morgan fingerprint density at radius 3 is 2.36 bits per heavy atom. The molecular formula is C21H13F3N2O2. The maximum atomic E-state index is 12.5. The second-order valence-corrected chi connectivity index (χ2v) is 5.86. The summed E-state index contributed by atoms with van der Waals surface area (Å²) in [6, 6.07) is 18.2. The van der Waals surface area contributed by atoms with E-state index in [1.165, 1.54) is 0 Å². The Morgan fingerprint density at radius 1 is 1.04 bits per heavy atom. The monoisotopic (exact) mass is 382 g/mol. The van der Waals surface area contributed by atoms with E-state index in [4.69, 9.17) is 4.74 Å². The van der Waals surface area contributed by atoms with Crippen molar-refractivity contribution in [2.45, 2.75) is 12.8 Å². The van der Waals surface area contributed by atoms with E-state index in [0.717, 1.165) is 29.5 Å². The Bertz CT molecular complexity index is 1020. The summed E-state index contributed by atoms with van der Waals surface area (Å²) in [4.78, 5) is 15.2. The van der Waals surface area contributed by atoms with Crippen molar-refractivity contribution in [1.29, 1.82) is 5.26 Å². The molecule has 3 aromatic rings.